The molecule has 0 atom stereocenters. The second-order valence-corrected chi connectivity index (χ2v) is 5.22. The van der Waals surface area contributed by atoms with Gasteiger partial charge in [-0.25, -0.2) is 0 Å². The van der Waals surface area contributed by atoms with Crippen molar-refractivity contribution >= 4 is 5.91 Å². The molecule has 0 unspecified atom stereocenters. The van der Waals surface area contributed by atoms with Crippen molar-refractivity contribution in [3.63, 3.8) is 0 Å². The highest BCUT2D eigenvalue weighted by Crippen LogP contribution is 2.14. The van der Waals surface area contributed by atoms with Gasteiger partial charge in [0, 0.05) is 37.3 Å². The summed E-state index contributed by atoms with van der Waals surface area (Å²) in [5, 5.41) is 8.80. The molecule has 0 spiro atoms. The van der Waals surface area contributed by atoms with Crippen LogP contribution in [0.15, 0.2) is 18.2 Å². The van der Waals surface area contributed by atoms with Crippen molar-refractivity contribution in [3.8, 4) is 11.8 Å². The van der Waals surface area contributed by atoms with Crippen LogP contribution in [0.4, 0.5) is 0 Å². The van der Waals surface area contributed by atoms with E-state index in [0.29, 0.717) is 5.56 Å². The minimum absolute atomic E-state index is 0.0674. The van der Waals surface area contributed by atoms with Gasteiger partial charge in [-0.3, -0.25) is 4.79 Å². The summed E-state index contributed by atoms with van der Waals surface area (Å²) in [6.07, 6.45) is 0. The maximum atomic E-state index is 12.5. The Kier molecular flexibility index (Phi) is 5.38. The first kappa shape index (κ1) is 15.6. The molecule has 4 heteroatoms. The Labute approximate surface area is 126 Å². The third-order valence-electron chi connectivity index (χ3n) is 3.89. The van der Waals surface area contributed by atoms with Crippen molar-refractivity contribution < 1.29 is 9.90 Å². The maximum absolute atomic E-state index is 12.5. The van der Waals surface area contributed by atoms with E-state index in [2.05, 4.69) is 23.7 Å². The van der Waals surface area contributed by atoms with Crippen LogP contribution in [-0.4, -0.2) is 60.1 Å². The van der Waals surface area contributed by atoms with Crippen LogP contribution in [0, 0.1) is 18.8 Å². The Bertz CT molecular complexity index is 564. The molecule has 1 aliphatic heterocycles. The van der Waals surface area contributed by atoms with Gasteiger partial charge in [0.25, 0.3) is 5.91 Å². The van der Waals surface area contributed by atoms with Crippen LogP contribution in [0.25, 0.3) is 0 Å². The normalized spacial score (nSPS) is 15.5. The zero-order chi connectivity index (χ0) is 15.2. The number of hydrogen-bond donors (Lipinski definition) is 1. The third-order valence-corrected chi connectivity index (χ3v) is 3.89. The lowest BCUT2D eigenvalue weighted by Gasteiger charge is -2.34. The fraction of sp³-hybridized carbons (Fsp3) is 0.471. The molecule has 21 heavy (non-hydrogen) atoms. The van der Waals surface area contributed by atoms with Crippen LogP contribution in [0.1, 0.15) is 28.4 Å². The third kappa shape index (κ3) is 3.84. The van der Waals surface area contributed by atoms with Crippen molar-refractivity contribution in [1.29, 1.82) is 0 Å². The molecule has 2 rings (SSSR count). The molecule has 0 aromatic heterocycles. The highest BCUT2D eigenvalue weighted by molar-refractivity contribution is 5.94. The molecule has 1 aromatic carbocycles. The largest absolute Gasteiger partial charge is 0.384 e. The second-order valence-electron chi connectivity index (χ2n) is 5.22. The van der Waals surface area contributed by atoms with E-state index in [1.54, 1.807) is 0 Å². The van der Waals surface area contributed by atoms with Crippen LogP contribution in [0.2, 0.25) is 0 Å². The van der Waals surface area contributed by atoms with Gasteiger partial charge in [-0.05, 0) is 31.2 Å². The predicted octanol–water partition coefficient (Wildman–Crippen LogP) is 1.12. The van der Waals surface area contributed by atoms with Gasteiger partial charge < -0.3 is 14.9 Å². The molecule has 1 saturated heterocycles. The zero-order valence-corrected chi connectivity index (χ0v) is 12.7. The van der Waals surface area contributed by atoms with Gasteiger partial charge in [0.05, 0.1) is 0 Å². The fourth-order valence-electron chi connectivity index (χ4n) is 2.47. The minimum atomic E-state index is -0.170. The summed E-state index contributed by atoms with van der Waals surface area (Å²) >= 11 is 0. The molecule has 1 aromatic rings. The van der Waals surface area contributed by atoms with Crippen molar-refractivity contribution in [2.75, 3.05) is 39.3 Å². The summed E-state index contributed by atoms with van der Waals surface area (Å²) in [7, 11) is 0. The van der Waals surface area contributed by atoms with E-state index in [-0.39, 0.29) is 12.5 Å². The van der Waals surface area contributed by atoms with E-state index in [4.69, 9.17) is 5.11 Å². The van der Waals surface area contributed by atoms with E-state index in [0.717, 1.165) is 43.9 Å². The van der Waals surface area contributed by atoms with E-state index >= 15 is 0 Å². The lowest BCUT2D eigenvalue weighted by molar-refractivity contribution is 0.0643. The quantitative estimate of drug-likeness (QED) is 0.829. The summed E-state index contributed by atoms with van der Waals surface area (Å²) in [5.41, 5.74) is 2.50. The number of nitrogens with zero attached hydrogens (tertiary/aromatic N) is 2. The smallest absolute Gasteiger partial charge is 0.253 e. The second kappa shape index (κ2) is 7.26. The van der Waals surface area contributed by atoms with E-state index in [1.807, 2.05) is 30.0 Å². The number of amides is 1. The summed E-state index contributed by atoms with van der Waals surface area (Å²) in [5.74, 6) is 5.60. The number of benzene rings is 1. The molecule has 1 fully saturated rings. The standard InChI is InChI=1S/C17H22N2O2/c1-3-18-8-10-19(11-9-18)17(21)16-7-6-14(2)15(13-16)5-4-12-20/h6-7,13,20H,3,8-12H2,1-2H3. The summed E-state index contributed by atoms with van der Waals surface area (Å²) in [6, 6.07) is 5.59. The number of carbonyl (C=O) groups excluding carboxylic acids is 1. The van der Waals surface area contributed by atoms with E-state index < -0.39 is 0 Å². The molecule has 1 aliphatic rings. The van der Waals surface area contributed by atoms with Crippen LogP contribution < -0.4 is 0 Å². The van der Waals surface area contributed by atoms with Crippen LogP contribution in [0.5, 0.6) is 0 Å². The maximum Gasteiger partial charge on any atom is 0.253 e. The minimum Gasteiger partial charge on any atom is -0.384 e. The fourth-order valence-corrected chi connectivity index (χ4v) is 2.47. The number of aryl methyl sites for hydroxylation is 1. The SMILES string of the molecule is CCN1CCN(C(=O)c2ccc(C)c(C#CCO)c2)CC1. The number of carbonyl (C=O) groups is 1. The Morgan fingerprint density at radius 2 is 2.00 bits per heavy atom. The Hall–Kier alpha value is -1.83. The molecule has 0 bridgehead atoms. The molecule has 112 valence electrons. The van der Waals surface area contributed by atoms with Crippen molar-refractivity contribution in [2.24, 2.45) is 0 Å². The number of hydrogen-bond acceptors (Lipinski definition) is 3. The van der Waals surface area contributed by atoms with Crippen LogP contribution in [-0.2, 0) is 0 Å². The first-order valence-electron chi connectivity index (χ1n) is 7.37. The first-order valence-corrected chi connectivity index (χ1v) is 7.37. The number of piperazine rings is 1. The van der Waals surface area contributed by atoms with Crippen molar-refractivity contribution in [1.82, 2.24) is 9.80 Å². The molecule has 0 saturated carbocycles. The molecule has 0 radical (unpaired) electrons. The number of aliphatic hydroxyl groups is 1. The van der Waals surface area contributed by atoms with Gasteiger partial charge in [0.15, 0.2) is 0 Å². The summed E-state index contributed by atoms with van der Waals surface area (Å²) in [4.78, 5) is 16.8. The monoisotopic (exact) mass is 286 g/mol. The van der Waals surface area contributed by atoms with Gasteiger partial charge >= 0.3 is 0 Å². The van der Waals surface area contributed by atoms with E-state index in [1.165, 1.54) is 0 Å². The van der Waals surface area contributed by atoms with Gasteiger partial charge in [-0.1, -0.05) is 24.8 Å². The molecule has 1 heterocycles. The molecule has 1 N–H and O–H groups in total. The summed E-state index contributed by atoms with van der Waals surface area (Å²) in [6.45, 7) is 8.39. The highest BCUT2D eigenvalue weighted by atomic mass is 16.2. The van der Waals surface area contributed by atoms with Gasteiger partial charge in [0.1, 0.15) is 6.61 Å². The topological polar surface area (TPSA) is 43.8 Å². The van der Waals surface area contributed by atoms with Gasteiger partial charge in [-0.15, -0.1) is 0 Å². The van der Waals surface area contributed by atoms with Crippen LogP contribution >= 0.6 is 0 Å². The van der Waals surface area contributed by atoms with E-state index in [9.17, 15) is 4.79 Å². The van der Waals surface area contributed by atoms with Crippen molar-refractivity contribution in [3.05, 3.63) is 34.9 Å². The first-order chi connectivity index (χ1) is 10.2. The molecular weight excluding hydrogens is 264 g/mol. The Balaban J connectivity index is 2.13. The van der Waals surface area contributed by atoms with Gasteiger partial charge in [0.2, 0.25) is 0 Å². The lowest BCUT2D eigenvalue weighted by Crippen LogP contribution is -2.48. The van der Waals surface area contributed by atoms with Crippen molar-refractivity contribution in [2.45, 2.75) is 13.8 Å². The Morgan fingerprint density at radius 1 is 1.29 bits per heavy atom. The number of rotatable bonds is 2. The van der Waals surface area contributed by atoms with Gasteiger partial charge in [-0.2, -0.15) is 0 Å². The average Bonchev–Trinajstić information content (AvgIpc) is 2.53. The highest BCUT2D eigenvalue weighted by Gasteiger charge is 2.21. The molecule has 4 nitrogen and oxygen atoms in total. The predicted molar refractivity (Wildman–Crippen MR) is 83.2 cm³/mol. The Morgan fingerprint density at radius 3 is 2.62 bits per heavy atom. The molecular formula is C17H22N2O2. The average molecular weight is 286 g/mol. The number of aliphatic hydroxyl groups excluding tert-OH is 1. The zero-order valence-electron chi connectivity index (χ0n) is 12.7. The summed E-state index contributed by atoms with van der Waals surface area (Å²) < 4.78 is 0. The van der Waals surface area contributed by atoms with Crippen LogP contribution in [0.3, 0.4) is 0 Å². The number of likely N-dealkylation sites (N-methyl/N-ethyl adjacent to an activating group) is 1. The lowest BCUT2D eigenvalue weighted by atomic mass is 10.0. The molecule has 1 amide bonds. The molecule has 0 aliphatic carbocycles.